The minimum Gasteiger partial charge on any atom is -0.462 e. The van der Waals surface area contributed by atoms with Gasteiger partial charge in [-0.25, -0.2) is 18.7 Å². The van der Waals surface area contributed by atoms with Gasteiger partial charge < -0.3 is 26.4 Å². The van der Waals surface area contributed by atoms with Crippen molar-refractivity contribution >= 4 is 40.4 Å². The third-order valence-electron chi connectivity index (χ3n) is 6.54. The molecule has 10 nitrogen and oxygen atoms in total. The number of halogens is 1. The number of ether oxygens (including phenoxy) is 1. The lowest BCUT2D eigenvalue weighted by Gasteiger charge is -2.27. The highest BCUT2D eigenvalue weighted by atomic mass is 19.1. The first-order valence-corrected chi connectivity index (χ1v) is 12.9. The maximum Gasteiger partial charge on any atom is 0.338 e. The average molecular weight is 532 g/mol. The van der Waals surface area contributed by atoms with Crippen LogP contribution in [-0.2, 0) is 4.74 Å². The summed E-state index contributed by atoms with van der Waals surface area (Å²) in [6, 6.07) is 15.4. The van der Waals surface area contributed by atoms with Crippen molar-refractivity contribution < 1.29 is 18.7 Å². The highest BCUT2D eigenvalue weighted by molar-refractivity contribution is 6.04. The van der Waals surface area contributed by atoms with E-state index in [-0.39, 0.29) is 35.6 Å². The number of nitrogens with zero attached hydrogens (tertiary/aromatic N) is 3. The zero-order valence-corrected chi connectivity index (χ0v) is 21.5. The number of hydrogen-bond donors (Lipinski definition) is 4. The lowest BCUT2D eigenvalue weighted by Crippen LogP contribution is -2.33. The molecule has 1 fully saturated rings. The summed E-state index contributed by atoms with van der Waals surface area (Å²) in [5.41, 5.74) is 8.24. The van der Waals surface area contributed by atoms with Crippen LogP contribution in [0.1, 0.15) is 53.5 Å². The topological polar surface area (TPSA) is 136 Å². The highest BCUT2D eigenvalue weighted by Gasteiger charge is 2.22. The Labute approximate surface area is 224 Å². The van der Waals surface area contributed by atoms with Crippen molar-refractivity contribution in [3.63, 3.8) is 0 Å². The van der Waals surface area contributed by atoms with Crippen LogP contribution in [0.2, 0.25) is 0 Å². The quantitative estimate of drug-likeness (QED) is 0.240. The number of carbonyl (C=O) groups is 2. The van der Waals surface area contributed by atoms with E-state index >= 15 is 0 Å². The molecule has 1 aliphatic carbocycles. The molecule has 202 valence electrons. The minimum atomic E-state index is -0.681. The number of amides is 1. The van der Waals surface area contributed by atoms with Gasteiger partial charge in [-0.3, -0.25) is 4.79 Å². The lowest BCUT2D eigenvalue weighted by molar-refractivity contribution is 0.0525. The number of hydrogen-bond acceptors (Lipinski definition) is 8. The summed E-state index contributed by atoms with van der Waals surface area (Å²) < 4.78 is 20.6. The second-order valence-electron chi connectivity index (χ2n) is 9.47. The van der Waals surface area contributed by atoms with Crippen LogP contribution < -0.4 is 21.7 Å². The number of nitrogens with two attached hydrogens (primary N) is 1. The predicted molar refractivity (Wildman–Crippen MR) is 147 cm³/mol. The fourth-order valence-corrected chi connectivity index (χ4v) is 4.62. The number of nitrogens with one attached hydrogen (secondary N) is 3. The Bertz CT molecular complexity index is 1480. The van der Waals surface area contributed by atoms with Crippen LogP contribution >= 0.6 is 0 Å². The fraction of sp³-hybridized carbons (Fsp3) is 0.286. The number of benzene rings is 2. The van der Waals surface area contributed by atoms with Gasteiger partial charge in [0, 0.05) is 29.5 Å². The Morgan fingerprint density at radius 3 is 2.59 bits per heavy atom. The van der Waals surface area contributed by atoms with E-state index in [2.05, 4.69) is 26.0 Å². The van der Waals surface area contributed by atoms with Gasteiger partial charge in [-0.05, 0) is 62.9 Å². The van der Waals surface area contributed by atoms with Gasteiger partial charge in [0.1, 0.15) is 11.6 Å². The van der Waals surface area contributed by atoms with Gasteiger partial charge in [-0.2, -0.15) is 0 Å². The molecule has 2 heterocycles. The number of rotatable bonds is 8. The van der Waals surface area contributed by atoms with Crippen LogP contribution in [0.25, 0.3) is 5.65 Å². The molecule has 0 atom stereocenters. The molecule has 0 aliphatic heterocycles. The van der Waals surface area contributed by atoms with Gasteiger partial charge in [0.05, 0.1) is 24.1 Å². The van der Waals surface area contributed by atoms with Crippen LogP contribution in [0.15, 0.2) is 60.8 Å². The number of para-hydroxylation sites is 1. The van der Waals surface area contributed by atoms with E-state index in [4.69, 9.17) is 10.5 Å². The molecule has 5 N–H and O–H groups in total. The number of imidazole rings is 1. The summed E-state index contributed by atoms with van der Waals surface area (Å²) in [6.45, 7) is 1.80. The van der Waals surface area contributed by atoms with Crippen LogP contribution in [0.5, 0.6) is 0 Å². The van der Waals surface area contributed by atoms with E-state index in [1.165, 1.54) is 16.8 Å². The maximum absolute atomic E-state index is 14.2. The third kappa shape index (κ3) is 6.15. The molecule has 0 radical (unpaired) electrons. The molecule has 11 heteroatoms. The summed E-state index contributed by atoms with van der Waals surface area (Å²) in [5, 5.41) is 14.1. The molecule has 1 saturated carbocycles. The zero-order chi connectivity index (χ0) is 27.4. The molecule has 2 aromatic heterocycles. The van der Waals surface area contributed by atoms with E-state index in [1.54, 1.807) is 6.92 Å². The van der Waals surface area contributed by atoms with E-state index in [1.807, 2.05) is 36.4 Å². The van der Waals surface area contributed by atoms with Gasteiger partial charge in [-0.1, -0.05) is 18.2 Å². The molecular formula is C28H30FN7O3. The molecular weight excluding hydrogens is 501 g/mol. The SMILES string of the molecule is CCOC(=O)c1cc(F)cc(NC(=O)c2cnc3c(Nc4ccccc4)cc(N[C@H]4CC[C@H](N)CC4)nn23)c1. The second kappa shape index (κ2) is 11.5. The third-order valence-corrected chi connectivity index (χ3v) is 6.54. The van der Waals surface area contributed by atoms with Crippen molar-refractivity contribution in [2.75, 3.05) is 22.6 Å². The van der Waals surface area contributed by atoms with Crippen molar-refractivity contribution in [1.29, 1.82) is 0 Å². The summed E-state index contributed by atoms with van der Waals surface area (Å²) >= 11 is 0. The minimum absolute atomic E-state index is 0.00329. The van der Waals surface area contributed by atoms with Gasteiger partial charge in [0.25, 0.3) is 5.91 Å². The molecule has 0 saturated heterocycles. The van der Waals surface area contributed by atoms with Crippen molar-refractivity contribution in [3.8, 4) is 0 Å². The van der Waals surface area contributed by atoms with E-state index in [0.29, 0.717) is 17.2 Å². The molecule has 1 aliphatic rings. The van der Waals surface area contributed by atoms with Crippen molar-refractivity contribution in [3.05, 3.63) is 77.9 Å². The highest BCUT2D eigenvalue weighted by Crippen LogP contribution is 2.27. The molecule has 1 amide bonds. The maximum atomic E-state index is 14.2. The Morgan fingerprint density at radius 2 is 1.85 bits per heavy atom. The van der Waals surface area contributed by atoms with Crippen molar-refractivity contribution in [2.24, 2.45) is 5.73 Å². The van der Waals surface area contributed by atoms with Crippen LogP contribution in [0.4, 0.5) is 27.3 Å². The standard InChI is InChI=1S/C28H30FN7O3/c1-2-39-28(38)17-12-18(29)14-22(13-17)34-27(37)24-16-31-26-23(32-20-6-4-3-5-7-20)15-25(35-36(24)26)33-21-10-8-19(30)9-11-21/h3-7,12-16,19,21,32H,2,8-11,30H2,1H3,(H,33,35)(H,34,37)/t19-,21-. The largest absolute Gasteiger partial charge is 0.462 e. The fourth-order valence-electron chi connectivity index (χ4n) is 4.62. The number of esters is 1. The monoisotopic (exact) mass is 531 g/mol. The summed E-state index contributed by atoms with van der Waals surface area (Å²) in [5.74, 6) is -1.36. The van der Waals surface area contributed by atoms with Crippen LogP contribution in [-0.4, -0.2) is 45.2 Å². The number of aromatic nitrogens is 3. The van der Waals surface area contributed by atoms with Crippen molar-refractivity contribution in [2.45, 2.75) is 44.7 Å². The smallest absolute Gasteiger partial charge is 0.338 e. The number of anilines is 4. The second-order valence-corrected chi connectivity index (χ2v) is 9.47. The summed E-state index contributed by atoms with van der Waals surface area (Å²) in [6.07, 6.45) is 5.09. The molecule has 0 bridgehead atoms. The summed E-state index contributed by atoms with van der Waals surface area (Å²) in [7, 11) is 0. The first kappa shape index (κ1) is 26.1. The normalized spacial score (nSPS) is 17.0. The van der Waals surface area contributed by atoms with Gasteiger partial charge in [-0.15, -0.1) is 5.10 Å². The number of carbonyl (C=O) groups excluding carboxylic acids is 2. The predicted octanol–water partition coefficient (Wildman–Crippen LogP) is 4.72. The molecule has 0 unspecified atom stereocenters. The Kier molecular flexibility index (Phi) is 7.69. The first-order chi connectivity index (χ1) is 18.9. The molecule has 2 aromatic carbocycles. The lowest BCUT2D eigenvalue weighted by atomic mass is 9.92. The van der Waals surface area contributed by atoms with Gasteiger partial charge in [0.2, 0.25) is 0 Å². The Morgan fingerprint density at radius 1 is 1.08 bits per heavy atom. The molecule has 4 aromatic rings. The van der Waals surface area contributed by atoms with Crippen molar-refractivity contribution in [1.82, 2.24) is 14.6 Å². The molecule has 0 spiro atoms. The number of fused-ring (bicyclic) bond motifs is 1. The van der Waals surface area contributed by atoms with Gasteiger partial charge in [0.15, 0.2) is 11.3 Å². The van der Waals surface area contributed by atoms with Crippen LogP contribution in [0.3, 0.4) is 0 Å². The Balaban J connectivity index is 1.47. The van der Waals surface area contributed by atoms with Crippen LogP contribution in [0, 0.1) is 5.82 Å². The Hall–Kier alpha value is -4.51. The summed E-state index contributed by atoms with van der Waals surface area (Å²) in [4.78, 5) is 29.9. The molecule has 39 heavy (non-hydrogen) atoms. The van der Waals surface area contributed by atoms with E-state index in [0.717, 1.165) is 43.5 Å². The van der Waals surface area contributed by atoms with E-state index < -0.39 is 17.7 Å². The van der Waals surface area contributed by atoms with E-state index in [9.17, 15) is 14.0 Å². The average Bonchev–Trinajstić information content (AvgIpc) is 3.35. The molecule has 5 rings (SSSR count). The van der Waals surface area contributed by atoms with Gasteiger partial charge >= 0.3 is 5.97 Å². The zero-order valence-electron chi connectivity index (χ0n) is 21.5. The first-order valence-electron chi connectivity index (χ1n) is 12.9.